The van der Waals surface area contributed by atoms with Crippen LogP contribution in [-0.2, 0) is 4.79 Å². The molecule has 0 saturated carbocycles. The lowest BCUT2D eigenvalue weighted by molar-refractivity contribution is -0.143. The summed E-state index contributed by atoms with van der Waals surface area (Å²) in [6, 6.07) is 5.74. The fourth-order valence-corrected chi connectivity index (χ4v) is 2.93. The summed E-state index contributed by atoms with van der Waals surface area (Å²) in [6.45, 7) is 5.79. The van der Waals surface area contributed by atoms with Crippen molar-refractivity contribution in [1.82, 2.24) is 4.90 Å². The first-order valence-corrected chi connectivity index (χ1v) is 8.08. The number of piperidine rings is 1. The molecule has 0 spiro atoms. The minimum Gasteiger partial charge on any atom is -0.496 e. The van der Waals surface area contributed by atoms with Gasteiger partial charge in [-0.1, -0.05) is 19.9 Å². The molecular formula is C18H25NO4. The van der Waals surface area contributed by atoms with Gasteiger partial charge in [-0.05, 0) is 49.5 Å². The van der Waals surface area contributed by atoms with E-state index in [1.165, 1.54) is 0 Å². The highest BCUT2D eigenvalue weighted by atomic mass is 16.5. The summed E-state index contributed by atoms with van der Waals surface area (Å²) < 4.78 is 5.32. The van der Waals surface area contributed by atoms with Gasteiger partial charge in [0.2, 0.25) is 0 Å². The van der Waals surface area contributed by atoms with Crippen LogP contribution in [0.4, 0.5) is 0 Å². The maximum atomic E-state index is 12.6. The van der Waals surface area contributed by atoms with Gasteiger partial charge >= 0.3 is 5.97 Å². The molecule has 5 nitrogen and oxygen atoms in total. The van der Waals surface area contributed by atoms with Gasteiger partial charge in [-0.3, -0.25) is 14.5 Å². The number of ether oxygens (including phenoxy) is 1. The van der Waals surface area contributed by atoms with Gasteiger partial charge in [-0.25, -0.2) is 0 Å². The maximum absolute atomic E-state index is 12.6. The number of benzene rings is 1. The molecule has 2 rings (SSSR count). The minimum atomic E-state index is -0.734. The van der Waals surface area contributed by atoms with Crippen LogP contribution in [0.25, 0.3) is 0 Å². The average molecular weight is 319 g/mol. The van der Waals surface area contributed by atoms with Crippen LogP contribution in [0.2, 0.25) is 0 Å². The summed E-state index contributed by atoms with van der Waals surface area (Å²) in [5, 5.41) is 9.03. The predicted octanol–water partition coefficient (Wildman–Crippen LogP) is 2.80. The number of carboxylic acids is 1. The summed E-state index contributed by atoms with van der Waals surface area (Å²) >= 11 is 0. The normalized spacial score (nSPS) is 16.5. The highest BCUT2D eigenvalue weighted by Gasteiger charge is 2.26. The Kier molecular flexibility index (Phi) is 5.77. The largest absolute Gasteiger partial charge is 0.496 e. The number of Topliss-reactive ketones (excluding diaryl/α,β-unsaturated/α-hetero) is 1. The van der Waals surface area contributed by atoms with Crippen LogP contribution in [0.15, 0.2) is 18.2 Å². The Labute approximate surface area is 137 Å². The Morgan fingerprint density at radius 1 is 1.30 bits per heavy atom. The highest BCUT2D eigenvalue weighted by Crippen LogP contribution is 2.25. The molecule has 23 heavy (non-hydrogen) atoms. The molecule has 1 fully saturated rings. The maximum Gasteiger partial charge on any atom is 0.306 e. The monoisotopic (exact) mass is 319 g/mol. The van der Waals surface area contributed by atoms with Gasteiger partial charge < -0.3 is 9.84 Å². The van der Waals surface area contributed by atoms with E-state index in [-0.39, 0.29) is 11.7 Å². The number of methoxy groups -OCH3 is 1. The molecule has 0 aromatic heterocycles. The first kappa shape index (κ1) is 17.5. The summed E-state index contributed by atoms with van der Waals surface area (Å²) in [5.41, 5.74) is 1.72. The van der Waals surface area contributed by atoms with Crippen LogP contribution in [0, 0.1) is 5.92 Å². The standard InChI is InChI=1S/C18H25NO4/c1-12(2)14-4-5-17(23-3)15(10-14)16(20)11-19-8-6-13(7-9-19)18(21)22/h4-5,10,12-13H,6-9,11H2,1-3H3,(H,21,22). The van der Waals surface area contributed by atoms with Gasteiger partial charge in [0, 0.05) is 0 Å². The van der Waals surface area contributed by atoms with Gasteiger partial charge in [-0.2, -0.15) is 0 Å². The van der Waals surface area contributed by atoms with Crippen molar-refractivity contribution < 1.29 is 19.4 Å². The Morgan fingerprint density at radius 2 is 1.96 bits per heavy atom. The van der Waals surface area contributed by atoms with Gasteiger partial charge in [0.25, 0.3) is 0 Å². The van der Waals surface area contributed by atoms with E-state index in [2.05, 4.69) is 13.8 Å². The molecule has 1 N–H and O–H groups in total. The lowest BCUT2D eigenvalue weighted by Gasteiger charge is -2.29. The average Bonchev–Trinajstić information content (AvgIpc) is 2.54. The molecule has 0 bridgehead atoms. The number of ketones is 1. The molecule has 1 aliphatic rings. The second-order valence-corrected chi connectivity index (χ2v) is 6.43. The van der Waals surface area contributed by atoms with Crippen molar-refractivity contribution in [2.24, 2.45) is 5.92 Å². The van der Waals surface area contributed by atoms with E-state index in [0.717, 1.165) is 5.56 Å². The number of nitrogens with zero attached hydrogens (tertiary/aromatic N) is 1. The molecule has 1 aromatic carbocycles. The molecule has 0 aliphatic carbocycles. The van der Waals surface area contributed by atoms with Crippen molar-refractivity contribution in [3.63, 3.8) is 0 Å². The van der Waals surface area contributed by atoms with E-state index in [0.29, 0.717) is 49.7 Å². The quantitative estimate of drug-likeness (QED) is 0.817. The smallest absolute Gasteiger partial charge is 0.306 e. The molecule has 0 atom stereocenters. The van der Waals surface area contributed by atoms with Crippen molar-refractivity contribution in [2.75, 3.05) is 26.7 Å². The summed E-state index contributed by atoms with van der Waals surface area (Å²) in [6.07, 6.45) is 1.21. The predicted molar refractivity (Wildman–Crippen MR) is 88.2 cm³/mol. The van der Waals surface area contributed by atoms with E-state index >= 15 is 0 Å². The summed E-state index contributed by atoms with van der Waals surface area (Å²) in [5.74, 6) is -0.0425. The Morgan fingerprint density at radius 3 is 2.48 bits per heavy atom. The van der Waals surface area contributed by atoms with Crippen LogP contribution >= 0.6 is 0 Å². The molecular weight excluding hydrogens is 294 g/mol. The molecule has 5 heteroatoms. The van der Waals surface area contributed by atoms with Gasteiger partial charge in [0.05, 0.1) is 25.1 Å². The summed E-state index contributed by atoms with van der Waals surface area (Å²) in [7, 11) is 1.57. The van der Waals surface area contributed by atoms with Crippen molar-refractivity contribution in [2.45, 2.75) is 32.6 Å². The molecule has 1 aliphatic heterocycles. The van der Waals surface area contributed by atoms with Crippen LogP contribution in [0.3, 0.4) is 0 Å². The van der Waals surface area contributed by atoms with Crippen LogP contribution in [-0.4, -0.2) is 48.5 Å². The Hall–Kier alpha value is -1.88. The Balaban J connectivity index is 2.06. The third-order valence-electron chi connectivity index (χ3n) is 4.49. The van der Waals surface area contributed by atoms with Gasteiger partial charge in [0.15, 0.2) is 5.78 Å². The van der Waals surface area contributed by atoms with Crippen molar-refractivity contribution in [3.8, 4) is 5.75 Å². The highest BCUT2D eigenvalue weighted by molar-refractivity contribution is 6.00. The number of aliphatic carboxylic acids is 1. The lowest BCUT2D eigenvalue weighted by Crippen LogP contribution is -2.39. The topological polar surface area (TPSA) is 66.8 Å². The zero-order valence-electron chi connectivity index (χ0n) is 14.0. The third kappa shape index (κ3) is 4.32. The van der Waals surface area contributed by atoms with Crippen molar-refractivity contribution in [1.29, 1.82) is 0 Å². The van der Waals surface area contributed by atoms with Crippen molar-refractivity contribution in [3.05, 3.63) is 29.3 Å². The first-order valence-electron chi connectivity index (χ1n) is 8.08. The van der Waals surface area contributed by atoms with Crippen LogP contribution in [0.5, 0.6) is 5.75 Å². The zero-order valence-corrected chi connectivity index (χ0v) is 14.0. The number of carbonyl (C=O) groups is 2. The second kappa shape index (κ2) is 7.59. The lowest BCUT2D eigenvalue weighted by atomic mass is 9.95. The van der Waals surface area contributed by atoms with E-state index in [4.69, 9.17) is 9.84 Å². The molecule has 1 aromatic rings. The number of hydrogen-bond donors (Lipinski definition) is 1. The minimum absolute atomic E-state index is 0.0260. The number of rotatable bonds is 6. The number of carboxylic acid groups (broad SMARTS) is 1. The molecule has 0 amide bonds. The fraction of sp³-hybridized carbons (Fsp3) is 0.556. The molecule has 0 radical (unpaired) electrons. The zero-order chi connectivity index (χ0) is 17.0. The van der Waals surface area contributed by atoms with E-state index < -0.39 is 5.97 Å². The number of likely N-dealkylation sites (tertiary alicyclic amines) is 1. The van der Waals surface area contributed by atoms with Crippen LogP contribution in [0.1, 0.15) is 48.5 Å². The third-order valence-corrected chi connectivity index (χ3v) is 4.49. The van der Waals surface area contributed by atoms with E-state index in [1.807, 2.05) is 23.1 Å². The molecule has 126 valence electrons. The second-order valence-electron chi connectivity index (χ2n) is 6.43. The van der Waals surface area contributed by atoms with E-state index in [1.54, 1.807) is 7.11 Å². The number of hydrogen-bond acceptors (Lipinski definition) is 4. The van der Waals surface area contributed by atoms with Gasteiger partial charge in [-0.15, -0.1) is 0 Å². The van der Waals surface area contributed by atoms with Crippen LogP contribution < -0.4 is 4.74 Å². The summed E-state index contributed by atoms with van der Waals surface area (Å²) in [4.78, 5) is 25.7. The molecule has 0 unspecified atom stereocenters. The van der Waals surface area contributed by atoms with E-state index in [9.17, 15) is 9.59 Å². The van der Waals surface area contributed by atoms with Gasteiger partial charge in [0.1, 0.15) is 5.75 Å². The SMILES string of the molecule is COc1ccc(C(C)C)cc1C(=O)CN1CCC(C(=O)O)CC1. The number of carbonyl (C=O) groups excluding carboxylic acids is 1. The van der Waals surface area contributed by atoms with Crippen molar-refractivity contribution >= 4 is 11.8 Å². The first-order chi connectivity index (χ1) is 10.9. The molecule has 1 heterocycles. The molecule has 1 saturated heterocycles. The fourth-order valence-electron chi connectivity index (χ4n) is 2.93. The Bertz CT molecular complexity index is 574.